The van der Waals surface area contributed by atoms with Crippen LogP contribution in [0.3, 0.4) is 0 Å². The van der Waals surface area contributed by atoms with Crippen molar-refractivity contribution in [2.45, 2.75) is 0 Å². The molecule has 6 heteroatoms. The number of hydrogen-bond donors (Lipinski definition) is 4. The standard InChI is InChI=1S/C26H18N6/c1-3-15-19-7-11-23(29-19)25-13-9-21(31-25)17-5-2-6-18(28-17)22-10-14-26(32-22)24-12-8-20(30-24)16(4-1)27-15/h1-14,27-30H. The van der Waals surface area contributed by atoms with Gasteiger partial charge in [-0.15, -0.1) is 0 Å². The number of rotatable bonds is 0. The molecule has 0 amide bonds. The van der Waals surface area contributed by atoms with Gasteiger partial charge >= 0.3 is 0 Å². The van der Waals surface area contributed by atoms with Crippen LogP contribution in [0.4, 0.5) is 0 Å². The van der Waals surface area contributed by atoms with E-state index in [9.17, 15) is 0 Å². The highest BCUT2D eigenvalue weighted by Gasteiger charge is 2.09. The molecular formula is C26H18N6. The lowest BCUT2D eigenvalue weighted by atomic mass is 10.2. The van der Waals surface area contributed by atoms with E-state index < -0.39 is 0 Å². The summed E-state index contributed by atoms with van der Waals surface area (Å²) in [5.41, 5.74) is 9.54. The Morgan fingerprint density at radius 3 is 1.84 bits per heavy atom. The Morgan fingerprint density at radius 1 is 0.438 bits per heavy atom. The fourth-order valence-corrected chi connectivity index (χ4v) is 4.28. The van der Waals surface area contributed by atoms with E-state index in [0.29, 0.717) is 0 Å². The third-order valence-electron chi connectivity index (χ3n) is 5.93. The summed E-state index contributed by atoms with van der Waals surface area (Å²) in [6.07, 6.45) is 20.5. The molecule has 12 bridgehead atoms. The van der Waals surface area contributed by atoms with Crippen molar-refractivity contribution in [2.24, 2.45) is 0 Å². The van der Waals surface area contributed by atoms with Crippen LogP contribution in [0, 0.1) is 0 Å². The SMILES string of the molecule is C1=Cc2[nH]c(c3nc(c4ccc([nH]4)c4[nH]c(c5ccc([nH]5)c5nc2C=C5)=CC=C4)C=C3)=C1. The molecule has 0 unspecified atom stereocenters. The molecule has 0 atom stereocenters. The molecule has 4 aliphatic rings. The molecule has 3 aromatic rings. The van der Waals surface area contributed by atoms with Gasteiger partial charge in [0.1, 0.15) is 0 Å². The Morgan fingerprint density at radius 2 is 1.00 bits per heavy atom. The molecule has 152 valence electrons. The third kappa shape index (κ3) is 2.66. The summed E-state index contributed by atoms with van der Waals surface area (Å²) in [7, 11) is 0. The number of H-pyrrole nitrogens is 4. The zero-order valence-corrected chi connectivity index (χ0v) is 17.0. The maximum absolute atomic E-state index is 4.86. The van der Waals surface area contributed by atoms with Crippen LogP contribution in [0.2, 0.25) is 0 Å². The molecular weight excluding hydrogens is 396 g/mol. The van der Waals surface area contributed by atoms with Crippen molar-refractivity contribution in [3.05, 3.63) is 81.3 Å². The van der Waals surface area contributed by atoms with Gasteiger partial charge in [0.2, 0.25) is 0 Å². The topological polar surface area (TPSA) is 88.9 Å². The van der Waals surface area contributed by atoms with Gasteiger partial charge in [-0.1, -0.05) is 12.2 Å². The van der Waals surface area contributed by atoms with Gasteiger partial charge < -0.3 is 19.9 Å². The van der Waals surface area contributed by atoms with Gasteiger partial charge in [0.25, 0.3) is 0 Å². The Balaban J connectivity index is 1.65. The molecule has 7 heterocycles. The van der Waals surface area contributed by atoms with Gasteiger partial charge in [-0.05, 0) is 72.9 Å². The highest BCUT2D eigenvalue weighted by Crippen LogP contribution is 2.20. The Bertz CT molecular complexity index is 1770. The van der Waals surface area contributed by atoms with E-state index >= 15 is 0 Å². The van der Waals surface area contributed by atoms with Crippen molar-refractivity contribution in [2.75, 3.05) is 0 Å². The summed E-state index contributed by atoms with van der Waals surface area (Å²) in [6, 6.07) is 8.29. The molecule has 32 heavy (non-hydrogen) atoms. The minimum Gasteiger partial charge on any atom is -0.352 e. The molecule has 0 fully saturated rings. The lowest BCUT2D eigenvalue weighted by molar-refractivity contribution is 1.15. The van der Waals surface area contributed by atoms with Crippen molar-refractivity contribution < 1.29 is 0 Å². The minimum absolute atomic E-state index is 0.897. The number of allylic oxidation sites excluding steroid dienone is 2. The molecule has 0 spiro atoms. The van der Waals surface area contributed by atoms with Crippen molar-refractivity contribution in [1.29, 1.82) is 0 Å². The molecule has 6 nitrogen and oxygen atoms in total. The Labute approximate surface area is 182 Å². The summed E-state index contributed by atoms with van der Waals surface area (Å²) >= 11 is 0. The van der Waals surface area contributed by atoms with Crippen LogP contribution in [0.25, 0.3) is 70.7 Å². The number of fused-ring (bicyclic) bond motifs is 18. The van der Waals surface area contributed by atoms with E-state index in [4.69, 9.17) is 9.97 Å². The normalized spacial score (nSPS) is 14.2. The number of nitrogens with zero attached hydrogens (tertiary/aromatic N) is 2. The molecule has 0 radical (unpaired) electrons. The van der Waals surface area contributed by atoms with Gasteiger partial charge in [0.05, 0.1) is 66.9 Å². The first kappa shape index (κ1) is 17.1. The first-order valence-electron chi connectivity index (χ1n) is 10.5. The van der Waals surface area contributed by atoms with E-state index in [1.54, 1.807) is 0 Å². The second-order valence-corrected chi connectivity index (χ2v) is 7.96. The lowest BCUT2D eigenvalue weighted by Crippen LogP contribution is -2.12. The smallest absolute Gasteiger partial charge is 0.0873 e. The second-order valence-electron chi connectivity index (χ2n) is 7.96. The van der Waals surface area contributed by atoms with Crippen molar-refractivity contribution in [3.63, 3.8) is 0 Å². The average Bonchev–Trinajstić information content (AvgIpc) is 3.63. The Kier molecular flexibility index (Phi) is 3.46. The van der Waals surface area contributed by atoms with Crippen LogP contribution in [0.5, 0.6) is 0 Å². The van der Waals surface area contributed by atoms with Crippen molar-refractivity contribution >= 4 is 70.7 Å². The number of hydrogen-bond acceptors (Lipinski definition) is 2. The molecule has 0 saturated carbocycles. The average molecular weight is 414 g/mol. The summed E-state index contributed by atoms with van der Waals surface area (Å²) in [5.74, 6) is 0. The van der Waals surface area contributed by atoms with Crippen molar-refractivity contribution in [3.8, 4) is 0 Å². The molecule has 4 aliphatic heterocycles. The highest BCUT2D eigenvalue weighted by atomic mass is 14.9. The quantitative estimate of drug-likeness (QED) is 0.308. The molecule has 4 N–H and O–H groups in total. The fraction of sp³-hybridized carbons (Fsp3) is 0. The van der Waals surface area contributed by atoms with Crippen LogP contribution in [0.15, 0.2) is 36.4 Å². The summed E-state index contributed by atoms with van der Waals surface area (Å²) in [6.45, 7) is 0. The Hall–Kier alpha value is -4.58. The first-order valence-corrected chi connectivity index (χ1v) is 10.5. The van der Waals surface area contributed by atoms with E-state index in [-0.39, 0.29) is 0 Å². The van der Waals surface area contributed by atoms with Crippen LogP contribution in [0.1, 0.15) is 34.2 Å². The summed E-state index contributed by atoms with van der Waals surface area (Å²) < 4.78 is 0. The van der Waals surface area contributed by atoms with Crippen LogP contribution in [-0.2, 0) is 0 Å². The zero-order chi connectivity index (χ0) is 21.1. The van der Waals surface area contributed by atoms with Crippen LogP contribution >= 0.6 is 0 Å². The van der Waals surface area contributed by atoms with Crippen LogP contribution in [-0.4, -0.2) is 29.9 Å². The molecule has 0 saturated heterocycles. The van der Waals surface area contributed by atoms with E-state index in [2.05, 4.69) is 62.4 Å². The number of aromatic nitrogens is 6. The summed E-state index contributed by atoms with van der Waals surface area (Å²) in [4.78, 5) is 23.8. The minimum atomic E-state index is 0.897. The number of nitrogens with one attached hydrogen (secondary N) is 4. The largest absolute Gasteiger partial charge is 0.352 e. The molecule has 3 aromatic heterocycles. The van der Waals surface area contributed by atoms with Crippen LogP contribution < -0.4 is 10.7 Å². The molecule has 0 aromatic carbocycles. The van der Waals surface area contributed by atoms with Gasteiger partial charge in [-0.25, -0.2) is 9.97 Å². The van der Waals surface area contributed by atoms with E-state index in [1.165, 1.54) is 0 Å². The maximum atomic E-state index is 4.86. The summed E-state index contributed by atoms with van der Waals surface area (Å²) in [5, 5.41) is 1.96. The zero-order valence-electron chi connectivity index (χ0n) is 17.0. The molecule has 7 rings (SSSR count). The predicted octanol–water partition coefficient (Wildman–Crippen LogP) is 4.05. The first-order chi connectivity index (χ1) is 15.8. The monoisotopic (exact) mass is 414 g/mol. The van der Waals surface area contributed by atoms with Gasteiger partial charge in [0, 0.05) is 0 Å². The number of aromatic amines is 4. The maximum Gasteiger partial charge on any atom is 0.0873 e. The predicted molar refractivity (Wildman–Crippen MR) is 131 cm³/mol. The van der Waals surface area contributed by atoms with E-state index in [1.807, 2.05) is 42.5 Å². The second kappa shape index (κ2) is 6.46. The van der Waals surface area contributed by atoms with Gasteiger partial charge in [-0.2, -0.15) is 0 Å². The van der Waals surface area contributed by atoms with Crippen molar-refractivity contribution in [1.82, 2.24) is 29.9 Å². The lowest BCUT2D eigenvalue weighted by Gasteiger charge is -2.00. The fourth-order valence-electron chi connectivity index (χ4n) is 4.28. The van der Waals surface area contributed by atoms with Gasteiger partial charge in [-0.3, -0.25) is 0 Å². The third-order valence-corrected chi connectivity index (χ3v) is 5.93. The highest BCUT2D eigenvalue weighted by molar-refractivity contribution is 5.84. The molecule has 0 aliphatic carbocycles. The van der Waals surface area contributed by atoms with Gasteiger partial charge in [0.15, 0.2) is 0 Å². The van der Waals surface area contributed by atoms with E-state index in [0.717, 1.165) is 66.9 Å².